The highest BCUT2D eigenvalue weighted by atomic mass is 32.2. The van der Waals surface area contributed by atoms with Crippen molar-refractivity contribution in [3.05, 3.63) is 51.7 Å². The first-order valence-corrected chi connectivity index (χ1v) is 12.4. The average molecular weight is 490 g/mol. The number of primary sulfonamides is 1. The zero-order valence-corrected chi connectivity index (χ0v) is 19.6. The molecule has 4 rings (SSSR count). The van der Waals surface area contributed by atoms with E-state index in [2.05, 4.69) is 30.5 Å². The second-order valence-electron chi connectivity index (χ2n) is 7.72. The van der Waals surface area contributed by atoms with E-state index >= 15 is 0 Å². The Labute approximate surface area is 194 Å². The summed E-state index contributed by atoms with van der Waals surface area (Å²) in [7, 11) is -1.72. The minimum Gasteiger partial charge on any atom is -0.477 e. The fourth-order valence-electron chi connectivity index (χ4n) is 3.48. The number of nitrogens with two attached hydrogens (primary N) is 1. The summed E-state index contributed by atoms with van der Waals surface area (Å²) >= 11 is 1.03. The molecule has 2 aromatic heterocycles. The fourth-order valence-corrected chi connectivity index (χ4v) is 4.79. The summed E-state index contributed by atoms with van der Waals surface area (Å²) in [4.78, 5) is 27.2. The van der Waals surface area contributed by atoms with Crippen molar-refractivity contribution in [2.24, 2.45) is 5.14 Å². The van der Waals surface area contributed by atoms with Crippen LogP contribution in [0.1, 0.15) is 32.2 Å². The maximum Gasteiger partial charge on any atom is 0.347 e. The number of anilines is 3. The number of benzene rings is 1. The molecular formula is C20H23N7O4S2. The van der Waals surface area contributed by atoms with Crippen LogP contribution in [0.25, 0.3) is 0 Å². The third-order valence-corrected chi connectivity index (χ3v) is 7.16. The first-order chi connectivity index (χ1) is 15.6. The van der Waals surface area contributed by atoms with Gasteiger partial charge in [-0.25, -0.2) is 28.3 Å². The molecule has 0 fully saturated rings. The molecule has 3 heterocycles. The number of aromatic nitrogens is 3. The molecule has 13 heteroatoms. The number of sulfonamides is 1. The second kappa shape index (κ2) is 9.02. The van der Waals surface area contributed by atoms with E-state index in [-0.39, 0.29) is 9.77 Å². The molecule has 1 aromatic carbocycles. The molecular weight excluding hydrogens is 466 g/mol. The van der Waals surface area contributed by atoms with Crippen LogP contribution in [0.4, 0.5) is 16.9 Å². The van der Waals surface area contributed by atoms with Gasteiger partial charge in [0.2, 0.25) is 16.0 Å². The van der Waals surface area contributed by atoms with Gasteiger partial charge in [0.05, 0.1) is 16.3 Å². The Kier molecular flexibility index (Phi) is 6.30. The monoisotopic (exact) mass is 489 g/mol. The van der Waals surface area contributed by atoms with Gasteiger partial charge in [-0.3, -0.25) is 5.32 Å². The zero-order valence-electron chi connectivity index (χ0n) is 18.0. The largest absolute Gasteiger partial charge is 0.477 e. The van der Waals surface area contributed by atoms with E-state index in [0.29, 0.717) is 35.7 Å². The van der Waals surface area contributed by atoms with Crippen LogP contribution in [0.15, 0.2) is 29.2 Å². The van der Waals surface area contributed by atoms with E-state index in [9.17, 15) is 18.3 Å². The number of aryl methyl sites for hydroxylation is 1. The van der Waals surface area contributed by atoms with Gasteiger partial charge in [0.1, 0.15) is 10.7 Å². The first-order valence-electron chi connectivity index (χ1n) is 10.0. The second-order valence-corrected chi connectivity index (χ2v) is 10.3. The Bertz CT molecular complexity index is 1310. The van der Waals surface area contributed by atoms with E-state index in [1.54, 1.807) is 19.1 Å². The maximum atomic E-state index is 11.5. The van der Waals surface area contributed by atoms with Crippen molar-refractivity contribution in [1.29, 1.82) is 0 Å². The number of aromatic carboxylic acids is 1. The topological polar surface area (TPSA) is 163 Å². The number of carboxylic acids is 1. The van der Waals surface area contributed by atoms with Gasteiger partial charge >= 0.3 is 5.97 Å². The molecule has 33 heavy (non-hydrogen) atoms. The molecule has 0 bridgehead atoms. The fraction of sp³-hybridized carbons (Fsp3) is 0.300. The lowest BCUT2D eigenvalue weighted by atomic mass is 10.1. The quantitative estimate of drug-likeness (QED) is 0.385. The zero-order chi connectivity index (χ0) is 23.8. The third-order valence-electron chi connectivity index (χ3n) is 5.17. The van der Waals surface area contributed by atoms with Crippen molar-refractivity contribution in [3.8, 4) is 0 Å². The lowest BCUT2D eigenvalue weighted by Gasteiger charge is -2.26. The third kappa shape index (κ3) is 5.27. The molecule has 0 atom stereocenters. The molecule has 0 unspecified atom stereocenters. The van der Waals surface area contributed by atoms with Crippen LogP contribution >= 0.6 is 11.3 Å². The summed E-state index contributed by atoms with van der Waals surface area (Å²) in [5.74, 6) is -0.0457. The van der Waals surface area contributed by atoms with Crippen molar-refractivity contribution >= 4 is 44.2 Å². The predicted molar refractivity (Wildman–Crippen MR) is 124 cm³/mol. The van der Waals surface area contributed by atoms with Gasteiger partial charge in [0, 0.05) is 31.6 Å². The normalized spacial score (nSPS) is 14.0. The number of fused-ring (bicyclic) bond motifs is 1. The van der Waals surface area contributed by atoms with Crippen LogP contribution in [0, 0.1) is 6.92 Å². The highest BCUT2D eigenvalue weighted by Gasteiger charge is 2.22. The van der Waals surface area contributed by atoms with Gasteiger partial charge in [0.25, 0.3) is 0 Å². The van der Waals surface area contributed by atoms with Crippen molar-refractivity contribution < 1.29 is 18.3 Å². The molecule has 1 aliphatic rings. The molecule has 0 amide bonds. The molecule has 0 spiro atoms. The summed E-state index contributed by atoms with van der Waals surface area (Å²) in [6.07, 6.45) is 0.748. The molecule has 0 saturated heterocycles. The number of hydrogen-bond acceptors (Lipinski definition) is 10. The van der Waals surface area contributed by atoms with Gasteiger partial charge in [0.15, 0.2) is 5.13 Å². The van der Waals surface area contributed by atoms with Crippen LogP contribution < -0.4 is 15.8 Å². The van der Waals surface area contributed by atoms with Gasteiger partial charge in [-0.05, 0) is 31.7 Å². The van der Waals surface area contributed by atoms with Gasteiger partial charge in [-0.15, -0.1) is 0 Å². The molecule has 11 nitrogen and oxygen atoms in total. The highest BCUT2D eigenvalue weighted by molar-refractivity contribution is 7.89. The van der Waals surface area contributed by atoms with Crippen LogP contribution in [-0.4, -0.2) is 52.9 Å². The molecule has 0 saturated carbocycles. The first kappa shape index (κ1) is 23.0. The minimum absolute atomic E-state index is 0.0539. The SMILES string of the molecule is Cc1nc(Nc2nc3c(c(NCc4ccc(S(N)(=O)=O)cc4)n2)CN(C)CC3)sc1C(=O)O. The Morgan fingerprint density at radius 2 is 1.97 bits per heavy atom. The van der Waals surface area contributed by atoms with E-state index in [0.717, 1.165) is 41.1 Å². The standard InChI is InChI=1S/C20H23N7O4S2/c1-11-16(18(28)29)32-20(23-11)26-19-24-15-7-8-27(2)10-14(15)17(25-19)22-9-12-3-5-13(6-4-12)33(21,30)31/h3-6H,7-10H2,1-2H3,(H,28,29)(H2,21,30,31)(H2,22,23,24,25,26). The van der Waals surface area contributed by atoms with E-state index in [1.165, 1.54) is 12.1 Å². The summed E-state index contributed by atoms with van der Waals surface area (Å²) < 4.78 is 22.9. The minimum atomic E-state index is -3.74. The summed E-state index contributed by atoms with van der Waals surface area (Å²) in [5, 5.41) is 21.2. The van der Waals surface area contributed by atoms with Crippen molar-refractivity contribution in [2.45, 2.75) is 31.3 Å². The molecule has 1 aliphatic heterocycles. The molecule has 0 aliphatic carbocycles. The number of thiazole rings is 1. The van der Waals surface area contributed by atoms with E-state index in [1.807, 2.05) is 7.05 Å². The molecule has 5 N–H and O–H groups in total. The summed E-state index contributed by atoms with van der Waals surface area (Å²) in [6.45, 7) is 3.60. The lowest BCUT2D eigenvalue weighted by molar-refractivity contribution is 0.0701. The van der Waals surface area contributed by atoms with Gasteiger partial charge in [-0.1, -0.05) is 23.5 Å². The average Bonchev–Trinajstić information content (AvgIpc) is 3.12. The van der Waals surface area contributed by atoms with Crippen LogP contribution in [0.3, 0.4) is 0 Å². The maximum absolute atomic E-state index is 11.5. The van der Waals surface area contributed by atoms with E-state index < -0.39 is 16.0 Å². The predicted octanol–water partition coefficient (Wildman–Crippen LogP) is 1.93. The number of rotatable bonds is 7. The smallest absolute Gasteiger partial charge is 0.347 e. The molecule has 174 valence electrons. The van der Waals surface area contributed by atoms with Crippen molar-refractivity contribution in [3.63, 3.8) is 0 Å². The Morgan fingerprint density at radius 3 is 2.61 bits per heavy atom. The van der Waals surface area contributed by atoms with Crippen molar-refractivity contribution in [1.82, 2.24) is 19.9 Å². The molecule has 0 radical (unpaired) electrons. The summed E-state index contributed by atoms with van der Waals surface area (Å²) in [5.41, 5.74) is 3.17. The highest BCUT2D eigenvalue weighted by Crippen LogP contribution is 2.29. The van der Waals surface area contributed by atoms with E-state index in [4.69, 9.17) is 5.14 Å². The number of hydrogen-bond donors (Lipinski definition) is 4. The number of likely N-dealkylation sites (N-methyl/N-ethyl adjacent to an activating group) is 1. The van der Waals surface area contributed by atoms with Gasteiger partial charge in [-0.2, -0.15) is 4.98 Å². The van der Waals surface area contributed by atoms with Crippen LogP contribution in [0.2, 0.25) is 0 Å². The van der Waals surface area contributed by atoms with Gasteiger partial charge < -0.3 is 15.3 Å². The number of carboxylic acid groups (broad SMARTS) is 1. The number of nitrogens with one attached hydrogen (secondary N) is 2. The number of nitrogens with zero attached hydrogens (tertiary/aromatic N) is 4. The lowest BCUT2D eigenvalue weighted by Crippen LogP contribution is -2.29. The number of carbonyl (C=O) groups is 1. The molecule has 3 aromatic rings. The van der Waals surface area contributed by atoms with Crippen LogP contribution in [0.5, 0.6) is 0 Å². The summed E-state index contributed by atoms with van der Waals surface area (Å²) in [6, 6.07) is 6.32. The van der Waals surface area contributed by atoms with Crippen LogP contribution in [-0.2, 0) is 29.5 Å². The Balaban J connectivity index is 1.59. The Hall–Kier alpha value is -3.13. The van der Waals surface area contributed by atoms with Crippen molar-refractivity contribution in [2.75, 3.05) is 24.2 Å². The Morgan fingerprint density at radius 1 is 1.24 bits per heavy atom.